The Balaban J connectivity index is 1.94. The Hall–Kier alpha value is -2.24. The molecule has 0 fully saturated rings. The zero-order valence-corrected chi connectivity index (χ0v) is 11.8. The van der Waals surface area contributed by atoms with Crippen molar-refractivity contribution in [1.29, 1.82) is 5.26 Å². The molecular weight excluding hydrogens is 299 g/mol. The molecule has 0 saturated heterocycles. The first kappa shape index (κ1) is 11.8. The zero-order chi connectivity index (χ0) is 13.2. The number of hydrogen-bond donors (Lipinski definition) is 2. The van der Waals surface area contributed by atoms with Crippen LogP contribution in [0.3, 0.4) is 0 Å². The molecule has 91 valence electrons. The van der Waals surface area contributed by atoms with Gasteiger partial charge in [0.2, 0.25) is 0 Å². The molecule has 3 N–H and O–H groups in total. The minimum absolute atomic E-state index is 0.265. The van der Waals surface area contributed by atoms with E-state index in [-0.39, 0.29) is 15.8 Å². The molecule has 4 nitrogen and oxygen atoms in total. The molecule has 2 heterocycles. The van der Waals surface area contributed by atoms with Crippen LogP contribution in [0, 0.1) is 11.3 Å². The first-order valence-corrected chi connectivity index (χ1v) is 7.58. The van der Waals surface area contributed by atoms with Gasteiger partial charge in [-0.2, -0.15) is 0 Å². The van der Waals surface area contributed by atoms with Gasteiger partial charge in [-0.15, -0.1) is 0 Å². The van der Waals surface area contributed by atoms with Crippen molar-refractivity contribution in [3.63, 3.8) is 0 Å². The number of rotatable bonds is 2. The summed E-state index contributed by atoms with van der Waals surface area (Å²) >= 11 is -0.265. The number of pyridine rings is 1. The molecule has 2 aromatic heterocycles. The molecule has 0 spiro atoms. The molecule has 0 saturated carbocycles. The van der Waals surface area contributed by atoms with Crippen molar-refractivity contribution in [2.75, 3.05) is 5.73 Å². The van der Waals surface area contributed by atoms with Gasteiger partial charge in [-0.1, -0.05) is 0 Å². The summed E-state index contributed by atoms with van der Waals surface area (Å²) in [5.41, 5.74) is 8.18. The first-order chi connectivity index (χ1) is 9.26. The number of aromatic nitrogens is 2. The number of H-pyrrole nitrogens is 1. The number of nitrogens with one attached hydrogen (secondary N) is 1. The number of anilines is 1. The number of hydrogen-bond acceptors (Lipinski definition) is 3. The summed E-state index contributed by atoms with van der Waals surface area (Å²) in [7, 11) is 0. The molecule has 3 aromatic rings. The van der Waals surface area contributed by atoms with Gasteiger partial charge in [0.15, 0.2) is 0 Å². The van der Waals surface area contributed by atoms with Crippen LogP contribution in [0.15, 0.2) is 42.7 Å². The molecule has 0 aliphatic rings. The van der Waals surface area contributed by atoms with Crippen LogP contribution in [-0.2, 0) is 0 Å². The number of nitrogens with zero attached hydrogens (tertiary/aromatic N) is 2. The van der Waals surface area contributed by atoms with Crippen molar-refractivity contribution < 1.29 is 0 Å². The molecule has 5 heteroatoms. The van der Waals surface area contributed by atoms with Gasteiger partial charge in [0.05, 0.1) is 0 Å². The number of nitrogens with two attached hydrogens (primary N) is 1. The van der Waals surface area contributed by atoms with Gasteiger partial charge in [0.25, 0.3) is 0 Å². The second kappa shape index (κ2) is 4.79. The third-order valence-corrected chi connectivity index (χ3v) is 5.15. The van der Waals surface area contributed by atoms with Gasteiger partial charge in [0, 0.05) is 0 Å². The molecule has 0 atom stereocenters. The SMILES string of the molecule is N#Cc1cnc([As]c2ccc3[nH]ccc3c2)c(N)c1. The minimum atomic E-state index is -0.265. The van der Waals surface area contributed by atoms with Crippen LogP contribution >= 0.6 is 0 Å². The van der Waals surface area contributed by atoms with E-state index in [2.05, 4.69) is 34.2 Å². The number of nitriles is 1. The molecule has 19 heavy (non-hydrogen) atoms. The van der Waals surface area contributed by atoms with E-state index < -0.39 is 0 Å². The van der Waals surface area contributed by atoms with Crippen LogP contribution in [0.4, 0.5) is 5.69 Å². The molecule has 0 aliphatic carbocycles. The predicted octanol–water partition coefficient (Wildman–Crippen LogP) is 0.672. The number of nitrogen functional groups attached to an aromatic ring is 1. The molecule has 0 unspecified atom stereocenters. The average molecular weight is 309 g/mol. The zero-order valence-electron chi connectivity index (χ0n) is 9.96. The van der Waals surface area contributed by atoms with E-state index in [1.165, 1.54) is 9.74 Å². The Labute approximate surface area is 117 Å². The number of aromatic amines is 1. The molecule has 0 aliphatic heterocycles. The van der Waals surface area contributed by atoms with E-state index in [0.717, 1.165) is 10.00 Å². The molecule has 1 radical (unpaired) electrons. The monoisotopic (exact) mass is 309 g/mol. The summed E-state index contributed by atoms with van der Waals surface area (Å²) in [6.45, 7) is 0. The number of fused-ring (bicyclic) bond motifs is 1. The van der Waals surface area contributed by atoms with Gasteiger partial charge in [-0.3, -0.25) is 0 Å². The van der Waals surface area contributed by atoms with Crippen LogP contribution in [0.1, 0.15) is 5.56 Å². The van der Waals surface area contributed by atoms with E-state index in [4.69, 9.17) is 11.0 Å². The van der Waals surface area contributed by atoms with Crippen LogP contribution in [0.5, 0.6) is 0 Å². The van der Waals surface area contributed by atoms with Crippen LogP contribution in [-0.4, -0.2) is 25.7 Å². The van der Waals surface area contributed by atoms with Gasteiger partial charge < -0.3 is 0 Å². The van der Waals surface area contributed by atoms with E-state index in [1.807, 2.05) is 12.3 Å². The Morgan fingerprint density at radius 1 is 1.26 bits per heavy atom. The van der Waals surface area contributed by atoms with Crippen LogP contribution < -0.4 is 14.6 Å². The second-order valence-corrected chi connectivity index (χ2v) is 6.55. The molecule has 3 rings (SSSR count). The summed E-state index contributed by atoms with van der Waals surface area (Å²) in [4.78, 5) is 7.47. The van der Waals surface area contributed by atoms with E-state index in [0.29, 0.717) is 11.3 Å². The molecule has 1 aromatic carbocycles. The quantitative estimate of drug-likeness (QED) is 0.683. The third-order valence-electron chi connectivity index (χ3n) is 2.80. The number of benzene rings is 1. The topological polar surface area (TPSA) is 78.5 Å². The Bertz CT molecular complexity index is 785. The fourth-order valence-corrected chi connectivity index (χ4v) is 3.76. The fraction of sp³-hybridized carbons (Fsp3) is 0. The predicted molar refractivity (Wildman–Crippen MR) is 76.7 cm³/mol. The summed E-state index contributed by atoms with van der Waals surface area (Å²) in [6, 6.07) is 12.1. The van der Waals surface area contributed by atoms with Crippen molar-refractivity contribution in [3.05, 3.63) is 48.3 Å². The fourth-order valence-electron chi connectivity index (χ4n) is 1.86. The maximum absolute atomic E-state index is 8.80. The first-order valence-electron chi connectivity index (χ1n) is 5.71. The van der Waals surface area contributed by atoms with Crippen molar-refractivity contribution >= 4 is 41.2 Å². The van der Waals surface area contributed by atoms with Crippen molar-refractivity contribution in [1.82, 2.24) is 9.97 Å². The normalized spacial score (nSPS) is 11.1. The third kappa shape index (κ3) is 2.33. The molecule has 0 bridgehead atoms. The van der Waals surface area contributed by atoms with E-state index in [1.54, 1.807) is 12.3 Å². The Morgan fingerprint density at radius 3 is 2.95 bits per heavy atom. The summed E-state index contributed by atoms with van der Waals surface area (Å²) in [6.07, 6.45) is 3.51. The summed E-state index contributed by atoms with van der Waals surface area (Å²) < 4.78 is 2.14. The van der Waals surface area contributed by atoms with E-state index in [9.17, 15) is 0 Å². The Morgan fingerprint density at radius 2 is 2.16 bits per heavy atom. The molecular formula is C14H10AsN4. The standard InChI is InChI=1S/C14H10AsN4/c16-7-9-5-12(17)14(19-8-9)15-11-1-2-13-10(6-11)3-4-18-13/h1-6,8,18H,17H2. The van der Waals surface area contributed by atoms with E-state index >= 15 is 0 Å². The van der Waals surface area contributed by atoms with Crippen LogP contribution in [0.25, 0.3) is 10.9 Å². The van der Waals surface area contributed by atoms with Crippen molar-refractivity contribution in [3.8, 4) is 6.07 Å². The van der Waals surface area contributed by atoms with Crippen molar-refractivity contribution in [2.45, 2.75) is 0 Å². The molecule has 0 amide bonds. The summed E-state index contributed by atoms with van der Waals surface area (Å²) in [5, 5.41) is 9.99. The van der Waals surface area contributed by atoms with Gasteiger partial charge in [-0.05, 0) is 0 Å². The van der Waals surface area contributed by atoms with Crippen LogP contribution in [0.2, 0.25) is 0 Å². The maximum atomic E-state index is 8.80. The van der Waals surface area contributed by atoms with Crippen molar-refractivity contribution in [2.24, 2.45) is 0 Å². The second-order valence-electron chi connectivity index (χ2n) is 4.11. The van der Waals surface area contributed by atoms with Gasteiger partial charge >= 0.3 is 116 Å². The van der Waals surface area contributed by atoms with Gasteiger partial charge in [-0.25, -0.2) is 0 Å². The van der Waals surface area contributed by atoms with Gasteiger partial charge in [0.1, 0.15) is 0 Å². The Kier molecular flexibility index (Phi) is 2.98. The summed E-state index contributed by atoms with van der Waals surface area (Å²) in [5.74, 6) is 0. The average Bonchev–Trinajstić information content (AvgIpc) is 2.88.